The van der Waals surface area contributed by atoms with Crippen LogP contribution in [0.5, 0.6) is 0 Å². The van der Waals surface area contributed by atoms with E-state index in [0.29, 0.717) is 18.0 Å². The zero-order chi connectivity index (χ0) is 17.1. The minimum Gasteiger partial charge on any atom is -0.301 e. The molecule has 0 saturated carbocycles. The average Bonchev–Trinajstić information content (AvgIpc) is 3.06. The predicted octanol–water partition coefficient (Wildman–Crippen LogP) is 3.58. The molecule has 2 aromatic heterocycles. The Morgan fingerprint density at radius 1 is 1.12 bits per heavy atom. The highest BCUT2D eigenvalue weighted by atomic mass is 15.3. The maximum absolute atomic E-state index is 4.66. The number of rotatable bonds is 5. The minimum atomic E-state index is 0.358. The van der Waals surface area contributed by atoms with Gasteiger partial charge in [-0.05, 0) is 59.4 Å². The van der Waals surface area contributed by atoms with Crippen LogP contribution in [0.1, 0.15) is 52.3 Å². The van der Waals surface area contributed by atoms with Crippen molar-refractivity contribution in [3.63, 3.8) is 0 Å². The van der Waals surface area contributed by atoms with Crippen LogP contribution in [0, 0.1) is 5.92 Å². The Morgan fingerprint density at radius 3 is 2.62 bits per heavy atom. The van der Waals surface area contributed by atoms with Crippen molar-refractivity contribution in [3.05, 3.63) is 30.5 Å². The summed E-state index contributed by atoms with van der Waals surface area (Å²) in [6, 6.07) is 0.982. The van der Waals surface area contributed by atoms with Gasteiger partial charge in [0.2, 0.25) is 0 Å². The molecule has 1 aliphatic heterocycles. The fraction of sp³-hybridized carbons (Fsp3) is 0.632. The summed E-state index contributed by atoms with van der Waals surface area (Å²) in [7, 11) is 0. The van der Waals surface area contributed by atoms with Crippen molar-refractivity contribution < 1.29 is 0 Å². The fourth-order valence-electron chi connectivity index (χ4n) is 3.51. The first-order valence-corrected chi connectivity index (χ1v) is 9.13. The number of hydrogen-bond acceptors (Lipinski definition) is 4. The Labute approximate surface area is 145 Å². The maximum atomic E-state index is 4.66. The van der Waals surface area contributed by atoms with E-state index in [2.05, 4.69) is 53.9 Å². The molecule has 3 heterocycles. The van der Waals surface area contributed by atoms with Crippen molar-refractivity contribution in [1.29, 1.82) is 0 Å². The molecule has 0 aliphatic carbocycles. The molecule has 0 amide bonds. The second-order valence-corrected chi connectivity index (χ2v) is 7.46. The van der Waals surface area contributed by atoms with Gasteiger partial charge in [-0.1, -0.05) is 0 Å². The van der Waals surface area contributed by atoms with Crippen LogP contribution >= 0.6 is 0 Å². The molecule has 0 aromatic carbocycles. The number of aromatic nitrogens is 4. The third kappa shape index (κ3) is 3.83. The molecule has 0 N–H and O–H groups in total. The number of piperidine rings is 1. The smallest absolute Gasteiger partial charge is 0.0948 e. The van der Waals surface area contributed by atoms with Crippen LogP contribution in [0.15, 0.2) is 24.8 Å². The van der Waals surface area contributed by atoms with Gasteiger partial charge in [0.1, 0.15) is 0 Å². The summed E-state index contributed by atoms with van der Waals surface area (Å²) in [6.07, 6.45) is 11.2. The standard InChI is InChI=1S/C19H29N5/c1-14(2)23-9-5-6-16(12-23)10-18-19(21-8-7-20-18)17-11-22-24(13-17)15(3)4/h7-8,11,13-16H,5-6,9-10,12H2,1-4H3/t16-/m1/s1. The molecule has 2 aromatic rings. The second kappa shape index (κ2) is 7.43. The van der Waals surface area contributed by atoms with Gasteiger partial charge in [0.15, 0.2) is 0 Å². The summed E-state index contributed by atoms with van der Waals surface area (Å²) in [4.78, 5) is 11.9. The molecule has 5 nitrogen and oxygen atoms in total. The third-order valence-corrected chi connectivity index (χ3v) is 4.94. The van der Waals surface area contributed by atoms with Gasteiger partial charge >= 0.3 is 0 Å². The Hall–Kier alpha value is -1.75. The van der Waals surface area contributed by atoms with E-state index in [1.165, 1.54) is 25.9 Å². The van der Waals surface area contributed by atoms with Crippen LogP contribution in [0.2, 0.25) is 0 Å². The van der Waals surface area contributed by atoms with E-state index < -0.39 is 0 Å². The largest absolute Gasteiger partial charge is 0.301 e. The van der Waals surface area contributed by atoms with Crippen LogP contribution in [0.4, 0.5) is 0 Å². The predicted molar refractivity (Wildman–Crippen MR) is 96.8 cm³/mol. The van der Waals surface area contributed by atoms with Crippen molar-refractivity contribution in [2.24, 2.45) is 5.92 Å². The van der Waals surface area contributed by atoms with E-state index in [4.69, 9.17) is 0 Å². The van der Waals surface area contributed by atoms with E-state index in [1.807, 2.05) is 17.1 Å². The molecule has 0 bridgehead atoms. The molecule has 1 saturated heterocycles. The summed E-state index contributed by atoms with van der Waals surface area (Å²) >= 11 is 0. The molecule has 1 fully saturated rings. The topological polar surface area (TPSA) is 46.8 Å². The molecule has 0 radical (unpaired) electrons. The second-order valence-electron chi connectivity index (χ2n) is 7.46. The highest BCUT2D eigenvalue weighted by Crippen LogP contribution is 2.26. The van der Waals surface area contributed by atoms with Crippen molar-refractivity contribution in [3.8, 4) is 11.3 Å². The zero-order valence-electron chi connectivity index (χ0n) is 15.3. The Morgan fingerprint density at radius 2 is 1.92 bits per heavy atom. The lowest BCUT2D eigenvalue weighted by Gasteiger charge is -2.35. The molecular weight excluding hydrogens is 298 g/mol. The van der Waals surface area contributed by atoms with Gasteiger partial charge in [-0.2, -0.15) is 5.10 Å². The Bertz CT molecular complexity index is 661. The molecule has 3 rings (SSSR count). The number of hydrogen-bond donors (Lipinski definition) is 0. The van der Waals surface area contributed by atoms with E-state index in [0.717, 1.165) is 23.4 Å². The molecule has 0 unspecified atom stereocenters. The molecule has 1 atom stereocenters. The summed E-state index contributed by atoms with van der Waals surface area (Å²) < 4.78 is 1.98. The highest BCUT2D eigenvalue weighted by molar-refractivity contribution is 5.59. The van der Waals surface area contributed by atoms with Crippen LogP contribution in [-0.4, -0.2) is 43.8 Å². The molecule has 1 aliphatic rings. The van der Waals surface area contributed by atoms with Gasteiger partial charge < -0.3 is 4.90 Å². The van der Waals surface area contributed by atoms with E-state index in [9.17, 15) is 0 Å². The number of nitrogens with zero attached hydrogens (tertiary/aromatic N) is 5. The van der Waals surface area contributed by atoms with Crippen molar-refractivity contribution in [2.75, 3.05) is 13.1 Å². The molecule has 5 heteroatoms. The van der Waals surface area contributed by atoms with Crippen LogP contribution in [0.3, 0.4) is 0 Å². The quantitative estimate of drug-likeness (QED) is 0.842. The van der Waals surface area contributed by atoms with Crippen molar-refractivity contribution >= 4 is 0 Å². The lowest BCUT2D eigenvalue weighted by molar-refractivity contribution is 0.139. The van der Waals surface area contributed by atoms with Gasteiger partial charge in [0, 0.05) is 42.8 Å². The average molecular weight is 327 g/mol. The first-order chi connectivity index (χ1) is 11.5. The van der Waals surface area contributed by atoms with Gasteiger partial charge in [0.25, 0.3) is 0 Å². The van der Waals surface area contributed by atoms with Crippen LogP contribution < -0.4 is 0 Å². The third-order valence-electron chi connectivity index (χ3n) is 4.94. The summed E-state index contributed by atoms with van der Waals surface area (Å²) in [5.41, 5.74) is 3.17. The zero-order valence-corrected chi connectivity index (χ0v) is 15.3. The lowest BCUT2D eigenvalue weighted by Crippen LogP contribution is -2.40. The fourth-order valence-corrected chi connectivity index (χ4v) is 3.51. The maximum Gasteiger partial charge on any atom is 0.0948 e. The summed E-state index contributed by atoms with van der Waals surface area (Å²) in [5, 5.41) is 4.46. The monoisotopic (exact) mass is 327 g/mol. The SMILES string of the molecule is CC(C)N1CCC[C@H](Cc2nccnc2-c2cnn(C(C)C)c2)C1. The normalized spacial score (nSPS) is 19.3. The molecule has 130 valence electrons. The lowest BCUT2D eigenvalue weighted by atomic mass is 9.91. The first-order valence-electron chi connectivity index (χ1n) is 9.13. The van der Waals surface area contributed by atoms with Gasteiger partial charge in [-0.25, -0.2) is 0 Å². The van der Waals surface area contributed by atoms with E-state index >= 15 is 0 Å². The van der Waals surface area contributed by atoms with Gasteiger partial charge in [-0.3, -0.25) is 14.6 Å². The molecular formula is C19H29N5. The number of likely N-dealkylation sites (tertiary alicyclic amines) is 1. The Balaban J connectivity index is 1.79. The van der Waals surface area contributed by atoms with Crippen molar-refractivity contribution in [1.82, 2.24) is 24.6 Å². The van der Waals surface area contributed by atoms with Gasteiger partial charge in [0.05, 0.1) is 17.6 Å². The van der Waals surface area contributed by atoms with Crippen molar-refractivity contribution in [2.45, 2.75) is 59.0 Å². The molecule has 0 spiro atoms. The Kier molecular flexibility index (Phi) is 5.29. The van der Waals surface area contributed by atoms with Crippen LogP contribution in [-0.2, 0) is 6.42 Å². The van der Waals surface area contributed by atoms with E-state index in [-0.39, 0.29) is 0 Å². The van der Waals surface area contributed by atoms with Crippen LogP contribution in [0.25, 0.3) is 11.3 Å². The summed E-state index contributed by atoms with van der Waals surface area (Å²) in [6.45, 7) is 11.2. The molecule has 24 heavy (non-hydrogen) atoms. The summed E-state index contributed by atoms with van der Waals surface area (Å²) in [5.74, 6) is 0.664. The first kappa shape index (κ1) is 17.1. The minimum absolute atomic E-state index is 0.358. The van der Waals surface area contributed by atoms with E-state index in [1.54, 1.807) is 6.20 Å². The van der Waals surface area contributed by atoms with Gasteiger partial charge in [-0.15, -0.1) is 0 Å². The highest BCUT2D eigenvalue weighted by Gasteiger charge is 2.23.